The van der Waals surface area contributed by atoms with Gasteiger partial charge in [-0.1, -0.05) is 89.8 Å². The standard InChI is InChI=1S/C62H79NO14/c1-32(2)12-10-13-33(3)42-20-21-43-39-19-18-35-26-36(22-24-60(35,5)44(39)23-25-61(42,43)6)76-59(71)38-15-9-8-14-37(38)58(70)63-45-27-48(75-34(4)53(45)65)77-47-29-62(72,30-74-31-64)28-41-50(47)57(69)52-51(55(41)67)54(66)40-16-11-17-46(73-7)49(40)56(52)68/h8-9,11,14-18,32-34,36,39,42-45,47-48,53,64-65,67,69,72H,10,12-13,19-31H2,1-7H3,(H,63,70)/t33?,34?,36?,39?,42?,43?,44-,45?,47?,48?,53?,60?,61?,62?/m0/s1. The van der Waals surface area contributed by atoms with Crippen molar-refractivity contribution in [2.24, 2.45) is 46.3 Å². The number of ketones is 2. The first-order valence-electron chi connectivity index (χ1n) is 28.3. The third kappa shape index (κ3) is 9.83. The lowest BCUT2D eigenvalue weighted by atomic mass is 9.47. The molecule has 0 spiro atoms. The molecule has 15 nitrogen and oxygen atoms in total. The van der Waals surface area contributed by atoms with E-state index in [0.29, 0.717) is 23.7 Å². The Morgan fingerprint density at radius 3 is 2.39 bits per heavy atom. The van der Waals surface area contributed by atoms with Gasteiger partial charge in [0.1, 0.15) is 36.2 Å². The Hall–Kier alpha value is -5.16. The Morgan fingerprint density at radius 2 is 1.65 bits per heavy atom. The van der Waals surface area contributed by atoms with Crippen LogP contribution in [0.1, 0.15) is 195 Å². The molecule has 6 aliphatic carbocycles. The Kier molecular flexibility index (Phi) is 15.4. The fourth-order valence-corrected chi connectivity index (χ4v) is 16.0. The maximum Gasteiger partial charge on any atom is 0.339 e. The molecule has 1 heterocycles. The first-order chi connectivity index (χ1) is 36.7. The van der Waals surface area contributed by atoms with Gasteiger partial charge < -0.3 is 54.5 Å². The summed E-state index contributed by atoms with van der Waals surface area (Å²) >= 11 is 0. The van der Waals surface area contributed by atoms with Crippen molar-refractivity contribution in [1.82, 2.24) is 5.32 Å². The number of nitrogens with one attached hydrogen (secondary N) is 1. The largest absolute Gasteiger partial charge is 0.507 e. The molecule has 1 amide bonds. The van der Waals surface area contributed by atoms with Crippen molar-refractivity contribution in [3.63, 3.8) is 0 Å². The molecule has 3 aromatic rings. The zero-order chi connectivity index (χ0) is 54.9. The van der Waals surface area contributed by atoms with Gasteiger partial charge in [0.15, 0.2) is 12.1 Å². The normalized spacial score (nSPS) is 33.6. The number of aliphatic hydroxyl groups is 3. The molecule has 6 N–H and O–H groups in total. The fourth-order valence-electron chi connectivity index (χ4n) is 16.0. The molecule has 13 unspecified atom stereocenters. The molecule has 0 bridgehead atoms. The van der Waals surface area contributed by atoms with Gasteiger partial charge >= 0.3 is 5.97 Å². The van der Waals surface area contributed by atoms with Gasteiger partial charge in [0, 0.05) is 42.4 Å². The zero-order valence-corrected chi connectivity index (χ0v) is 45.8. The molecule has 0 aromatic heterocycles. The highest BCUT2D eigenvalue weighted by atomic mass is 16.7. The van der Waals surface area contributed by atoms with Crippen LogP contribution in [0.4, 0.5) is 0 Å². The summed E-state index contributed by atoms with van der Waals surface area (Å²) in [6, 6.07) is 9.89. The summed E-state index contributed by atoms with van der Waals surface area (Å²) in [7, 11) is 1.34. The summed E-state index contributed by atoms with van der Waals surface area (Å²) in [4.78, 5) is 56.7. The molecule has 1 aliphatic heterocycles. The van der Waals surface area contributed by atoms with Gasteiger partial charge in [0.25, 0.3) is 5.91 Å². The summed E-state index contributed by atoms with van der Waals surface area (Å²) < 4.78 is 29.6. The van der Waals surface area contributed by atoms with E-state index >= 15 is 0 Å². The fraction of sp³-hybridized carbons (Fsp3) is 0.613. The molecule has 15 heteroatoms. The summed E-state index contributed by atoms with van der Waals surface area (Å²) in [6.07, 6.45) is 9.17. The molecule has 10 rings (SSSR count). The van der Waals surface area contributed by atoms with Crippen LogP contribution in [-0.2, 0) is 25.4 Å². The number of phenolic OH excluding ortho intramolecular Hbond substituents is 2. The summed E-state index contributed by atoms with van der Waals surface area (Å²) in [6.45, 7) is 12.7. The summed E-state index contributed by atoms with van der Waals surface area (Å²) in [5.41, 5.74) is -1.01. The second kappa shape index (κ2) is 21.5. The van der Waals surface area contributed by atoms with E-state index in [1.165, 1.54) is 81.9 Å². The number of methoxy groups -OCH3 is 1. The third-order valence-corrected chi connectivity index (χ3v) is 19.9. The first kappa shape index (κ1) is 55.2. The van der Waals surface area contributed by atoms with Crippen LogP contribution in [0.15, 0.2) is 54.1 Å². The van der Waals surface area contributed by atoms with E-state index < -0.39 is 95.7 Å². The highest BCUT2D eigenvalue weighted by molar-refractivity contribution is 6.31. The van der Waals surface area contributed by atoms with Gasteiger partial charge in [-0.3, -0.25) is 14.4 Å². The van der Waals surface area contributed by atoms with Gasteiger partial charge in [0.2, 0.25) is 5.78 Å². The van der Waals surface area contributed by atoms with Gasteiger partial charge in [-0.15, -0.1) is 0 Å². The number of fused-ring (bicyclic) bond motifs is 8. The van der Waals surface area contributed by atoms with Crippen molar-refractivity contribution < 1.29 is 68.4 Å². The van der Waals surface area contributed by atoms with Crippen molar-refractivity contribution in [2.45, 2.75) is 174 Å². The lowest BCUT2D eigenvalue weighted by Gasteiger charge is -2.58. The number of benzene rings is 3. The predicted molar refractivity (Wildman–Crippen MR) is 285 cm³/mol. The van der Waals surface area contributed by atoms with Gasteiger partial charge in [-0.25, -0.2) is 4.79 Å². The van der Waals surface area contributed by atoms with Crippen molar-refractivity contribution in [3.8, 4) is 17.2 Å². The quantitative estimate of drug-likeness (QED) is 0.0282. The Bertz CT molecular complexity index is 2820. The molecule has 3 saturated carbocycles. The van der Waals surface area contributed by atoms with Crippen molar-refractivity contribution in [1.29, 1.82) is 0 Å². The van der Waals surface area contributed by atoms with E-state index in [4.69, 9.17) is 23.7 Å². The highest BCUT2D eigenvalue weighted by Crippen LogP contribution is 2.67. The minimum atomic E-state index is -1.83. The van der Waals surface area contributed by atoms with Crippen LogP contribution in [0, 0.1) is 46.3 Å². The van der Waals surface area contributed by atoms with E-state index in [2.05, 4.69) is 46.0 Å². The molecule has 0 radical (unpaired) electrons. The monoisotopic (exact) mass is 1060 g/mol. The molecule has 4 fully saturated rings. The van der Waals surface area contributed by atoms with E-state index in [9.17, 15) is 44.7 Å². The number of rotatable bonds is 15. The van der Waals surface area contributed by atoms with Crippen LogP contribution in [0.2, 0.25) is 0 Å². The smallest absolute Gasteiger partial charge is 0.339 e. The first-order valence-corrected chi connectivity index (χ1v) is 28.3. The number of aliphatic hydroxyl groups excluding tert-OH is 2. The van der Waals surface area contributed by atoms with Crippen molar-refractivity contribution >= 4 is 23.4 Å². The number of amides is 1. The van der Waals surface area contributed by atoms with E-state index in [1.54, 1.807) is 25.1 Å². The number of phenols is 2. The minimum Gasteiger partial charge on any atom is -0.507 e. The maximum absolute atomic E-state index is 14.3. The summed E-state index contributed by atoms with van der Waals surface area (Å²) in [5.74, 6) is 0.388. The molecular formula is C62H79NO14. The number of allylic oxidation sites excluding steroid dienone is 1. The zero-order valence-electron chi connectivity index (χ0n) is 45.8. The average Bonchev–Trinajstić information content (AvgIpc) is 3.98. The molecule has 1 saturated heterocycles. The van der Waals surface area contributed by atoms with Gasteiger partial charge in [-0.2, -0.15) is 0 Å². The summed E-state index contributed by atoms with van der Waals surface area (Å²) in [5, 5.41) is 59.7. The van der Waals surface area contributed by atoms with Gasteiger partial charge in [0.05, 0.1) is 65.4 Å². The third-order valence-electron chi connectivity index (χ3n) is 19.9. The predicted octanol–water partition coefficient (Wildman–Crippen LogP) is 9.44. The second-order valence-corrected chi connectivity index (χ2v) is 24.8. The number of esters is 1. The lowest BCUT2D eigenvalue weighted by molar-refractivity contribution is -0.251. The number of carbonyl (C=O) groups excluding carboxylic acids is 4. The topological polar surface area (TPSA) is 228 Å². The SMILES string of the molecule is COc1cccc2c1C(=O)c1c(O)c3c(c(O)c1C2=O)CC(O)(COCO)CC3OC1CC(NC(=O)c2ccccc2C(=O)OC2CCC3(C)C(=CCC4C5CCC(C(C)CCCC(C)C)C5(C)CC[C@@H]43)C2)C(O)C(C)O1. The Balaban J connectivity index is 0.827. The van der Waals surface area contributed by atoms with Crippen molar-refractivity contribution in [2.75, 3.05) is 20.5 Å². The Morgan fingerprint density at radius 1 is 0.896 bits per heavy atom. The van der Waals surface area contributed by atoms with Crippen LogP contribution in [0.3, 0.4) is 0 Å². The number of aromatic hydroxyl groups is 2. The van der Waals surface area contributed by atoms with Crippen LogP contribution >= 0.6 is 0 Å². The van der Waals surface area contributed by atoms with Crippen LogP contribution in [0.25, 0.3) is 0 Å². The lowest BCUT2D eigenvalue weighted by Crippen LogP contribution is -2.55. The molecule has 3 aromatic carbocycles. The number of ether oxygens (including phenoxy) is 5. The number of hydrogen-bond acceptors (Lipinski definition) is 14. The number of carbonyl (C=O) groups is 4. The van der Waals surface area contributed by atoms with E-state index in [0.717, 1.165) is 42.9 Å². The molecular weight excluding hydrogens is 983 g/mol. The Labute approximate surface area is 452 Å². The van der Waals surface area contributed by atoms with Crippen molar-refractivity contribution in [3.05, 3.63) is 98.6 Å². The van der Waals surface area contributed by atoms with E-state index in [-0.39, 0.29) is 69.9 Å². The molecule has 14 atom stereocenters. The minimum absolute atomic E-state index is 0.0396. The average molecular weight is 1060 g/mol. The van der Waals surface area contributed by atoms with Crippen LogP contribution in [-0.4, -0.2) is 106 Å². The second-order valence-electron chi connectivity index (χ2n) is 24.8. The molecule has 7 aliphatic rings. The molecule has 77 heavy (non-hydrogen) atoms. The van der Waals surface area contributed by atoms with Crippen LogP contribution < -0.4 is 10.1 Å². The molecule has 416 valence electrons. The maximum atomic E-state index is 14.3. The van der Waals surface area contributed by atoms with E-state index in [1.807, 2.05) is 0 Å². The number of hydrogen-bond donors (Lipinski definition) is 6. The van der Waals surface area contributed by atoms with Gasteiger partial charge in [-0.05, 0) is 116 Å². The highest BCUT2D eigenvalue weighted by Gasteiger charge is 2.59. The van der Waals surface area contributed by atoms with Crippen LogP contribution in [0.5, 0.6) is 17.2 Å².